The molecule has 10 heteroatoms. The number of rotatable bonds is 6. The van der Waals surface area contributed by atoms with Crippen LogP contribution < -0.4 is 0 Å². The zero-order valence-electron chi connectivity index (χ0n) is 25.0. The van der Waals surface area contributed by atoms with Crippen LogP contribution in [0.15, 0.2) is 109 Å². The van der Waals surface area contributed by atoms with Gasteiger partial charge in [-0.2, -0.15) is 8.75 Å². The molecule has 0 amide bonds. The summed E-state index contributed by atoms with van der Waals surface area (Å²) < 4.78 is 14.5. The van der Waals surface area contributed by atoms with Crippen molar-refractivity contribution in [1.82, 2.24) is 8.75 Å². The highest BCUT2D eigenvalue weighted by Crippen LogP contribution is 2.38. The topological polar surface area (TPSA) is 89.4 Å². The van der Waals surface area contributed by atoms with E-state index < -0.39 is 11.6 Å². The Morgan fingerprint density at radius 1 is 0.609 bits per heavy atom. The number of nitrogens with zero attached hydrogens (tertiary/aromatic N) is 2. The second kappa shape index (κ2) is 14.4. The summed E-state index contributed by atoms with van der Waals surface area (Å²) in [6.45, 7) is 5.57. The third kappa shape index (κ3) is 7.89. The minimum Gasteiger partial charge on any atom is -0.478 e. The second-order valence-corrected chi connectivity index (χ2v) is 13.4. The van der Waals surface area contributed by atoms with E-state index in [1.165, 1.54) is 23.1 Å². The molecule has 6 nitrogen and oxygen atoms in total. The van der Waals surface area contributed by atoms with Crippen molar-refractivity contribution < 1.29 is 19.4 Å². The average molecular weight is 688 g/mol. The van der Waals surface area contributed by atoms with Gasteiger partial charge < -0.3 is 9.84 Å². The Balaban J connectivity index is 0.000000184. The fourth-order valence-electron chi connectivity index (χ4n) is 4.48. The fourth-order valence-corrected chi connectivity index (χ4v) is 6.52. The molecule has 2 aromatic heterocycles. The molecule has 46 heavy (non-hydrogen) atoms. The maximum absolute atomic E-state index is 12.9. The SMILES string of the molecule is CC(C)(C)OC(=O)c1c(-c2ccc(Cl)cc2)nsc1-c1ccccc1.O=C(O)c1c(-c2ccc(Cl)cc2)nsc1-c1ccccc1. The van der Waals surface area contributed by atoms with Crippen molar-refractivity contribution in [3.63, 3.8) is 0 Å². The van der Waals surface area contributed by atoms with Crippen molar-refractivity contribution in [3.8, 4) is 43.4 Å². The van der Waals surface area contributed by atoms with E-state index in [1.807, 2.05) is 93.6 Å². The first-order valence-electron chi connectivity index (χ1n) is 14.1. The molecule has 0 aliphatic carbocycles. The predicted octanol–water partition coefficient (Wildman–Crippen LogP) is 10.9. The summed E-state index contributed by atoms with van der Waals surface area (Å²) in [5, 5.41) is 10.8. The summed E-state index contributed by atoms with van der Waals surface area (Å²) in [6.07, 6.45) is 0. The number of aromatic carboxylic acids is 1. The van der Waals surface area contributed by atoms with Crippen molar-refractivity contribution in [2.24, 2.45) is 0 Å². The van der Waals surface area contributed by atoms with Gasteiger partial charge in [0.2, 0.25) is 0 Å². The van der Waals surface area contributed by atoms with Gasteiger partial charge in [0.15, 0.2) is 0 Å². The molecule has 4 aromatic carbocycles. The molecule has 6 aromatic rings. The molecule has 0 bridgehead atoms. The largest absolute Gasteiger partial charge is 0.478 e. The van der Waals surface area contributed by atoms with Gasteiger partial charge in [-0.1, -0.05) is 108 Å². The molecule has 0 fully saturated rings. The average Bonchev–Trinajstić information content (AvgIpc) is 3.68. The monoisotopic (exact) mass is 686 g/mol. The fraction of sp³-hybridized carbons (Fsp3) is 0.111. The minimum absolute atomic E-state index is 0.230. The van der Waals surface area contributed by atoms with Gasteiger partial charge in [0, 0.05) is 21.2 Å². The van der Waals surface area contributed by atoms with Crippen LogP contribution in [0.2, 0.25) is 10.0 Å². The number of aromatic nitrogens is 2. The van der Waals surface area contributed by atoms with E-state index in [-0.39, 0.29) is 11.5 Å². The molecule has 0 aliphatic heterocycles. The number of hydrogen-bond acceptors (Lipinski definition) is 7. The molecule has 0 radical (unpaired) electrons. The molecule has 0 unspecified atom stereocenters. The van der Waals surface area contributed by atoms with E-state index in [0.29, 0.717) is 31.9 Å². The number of carboxylic acid groups (broad SMARTS) is 1. The highest BCUT2D eigenvalue weighted by atomic mass is 35.5. The van der Waals surface area contributed by atoms with E-state index in [2.05, 4.69) is 8.75 Å². The van der Waals surface area contributed by atoms with Crippen molar-refractivity contribution in [2.75, 3.05) is 0 Å². The van der Waals surface area contributed by atoms with Crippen LogP contribution in [0, 0.1) is 0 Å². The lowest BCUT2D eigenvalue weighted by atomic mass is 10.0. The van der Waals surface area contributed by atoms with Crippen LogP contribution in [0.25, 0.3) is 43.4 Å². The predicted molar refractivity (Wildman–Crippen MR) is 188 cm³/mol. The Hall–Kier alpha value is -4.34. The molecule has 0 aliphatic rings. The molecule has 232 valence electrons. The highest BCUT2D eigenvalue weighted by Gasteiger charge is 2.27. The quantitative estimate of drug-likeness (QED) is 0.175. The lowest BCUT2D eigenvalue weighted by Crippen LogP contribution is -2.24. The standard InChI is InChI=1S/C20H18ClNO2S.C16H10ClNO2S/c1-20(2,3)24-19(23)16-17(13-9-11-15(21)12-10-13)22-25-18(16)14-7-5-4-6-8-14;17-12-8-6-10(7-9-12)14-13(16(19)20)15(21-18-14)11-4-2-1-3-5-11/h4-12H,1-3H3;1-9H,(H,19,20). The van der Waals surface area contributed by atoms with Crippen LogP contribution in [-0.4, -0.2) is 31.4 Å². The Morgan fingerprint density at radius 3 is 1.39 bits per heavy atom. The Bertz CT molecular complexity index is 1950. The van der Waals surface area contributed by atoms with Gasteiger partial charge in [-0.25, -0.2) is 9.59 Å². The first-order chi connectivity index (χ1) is 22.0. The summed E-state index contributed by atoms with van der Waals surface area (Å²) in [7, 11) is 0. The number of hydrogen-bond donors (Lipinski definition) is 1. The maximum atomic E-state index is 12.9. The number of carbonyl (C=O) groups is 2. The molecule has 0 spiro atoms. The molecule has 6 rings (SSSR count). The molecule has 2 heterocycles. The zero-order valence-corrected chi connectivity index (χ0v) is 28.2. The van der Waals surface area contributed by atoms with Gasteiger partial charge >= 0.3 is 11.9 Å². The third-order valence-electron chi connectivity index (χ3n) is 6.51. The normalized spacial score (nSPS) is 11.0. The van der Waals surface area contributed by atoms with Gasteiger partial charge in [0.1, 0.15) is 16.7 Å². The van der Waals surface area contributed by atoms with E-state index in [0.717, 1.165) is 27.1 Å². The number of carboxylic acids is 1. The Kier molecular flexibility index (Phi) is 10.3. The number of benzene rings is 4. The smallest absolute Gasteiger partial charge is 0.342 e. The lowest BCUT2D eigenvalue weighted by Gasteiger charge is -2.20. The molecule has 0 saturated carbocycles. The summed E-state index contributed by atoms with van der Waals surface area (Å²) >= 11 is 14.3. The molecule has 0 saturated heterocycles. The summed E-state index contributed by atoms with van der Waals surface area (Å²) in [4.78, 5) is 26.0. The van der Waals surface area contributed by atoms with E-state index in [9.17, 15) is 14.7 Å². The van der Waals surface area contributed by atoms with Crippen molar-refractivity contribution in [2.45, 2.75) is 26.4 Å². The first kappa shape index (κ1) is 33.0. The van der Waals surface area contributed by atoms with Crippen molar-refractivity contribution >= 4 is 58.2 Å². The van der Waals surface area contributed by atoms with Crippen LogP contribution >= 0.6 is 46.3 Å². The maximum Gasteiger partial charge on any atom is 0.342 e. The Morgan fingerprint density at radius 2 is 1.00 bits per heavy atom. The van der Waals surface area contributed by atoms with E-state index in [4.69, 9.17) is 27.9 Å². The second-order valence-electron chi connectivity index (χ2n) is 11.0. The number of ether oxygens (including phenoxy) is 1. The van der Waals surface area contributed by atoms with Crippen LogP contribution in [0.5, 0.6) is 0 Å². The van der Waals surface area contributed by atoms with Gasteiger partial charge in [-0.05, 0) is 79.2 Å². The van der Waals surface area contributed by atoms with Crippen molar-refractivity contribution in [3.05, 3.63) is 130 Å². The number of carbonyl (C=O) groups excluding carboxylic acids is 1. The Labute approximate surface area is 285 Å². The van der Waals surface area contributed by atoms with Crippen molar-refractivity contribution in [1.29, 1.82) is 0 Å². The van der Waals surface area contributed by atoms with Crippen LogP contribution in [0.3, 0.4) is 0 Å². The van der Waals surface area contributed by atoms with Crippen LogP contribution in [-0.2, 0) is 4.74 Å². The van der Waals surface area contributed by atoms with Gasteiger partial charge in [0.05, 0.1) is 21.1 Å². The summed E-state index contributed by atoms with van der Waals surface area (Å²) in [5.74, 6) is -1.35. The van der Waals surface area contributed by atoms with E-state index in [1.54, 1.807) is 36.4 Å². The number of halogens is 2. The minimum atomic E-state index is -0.979. The molecule has 1 N–H and O–H groups in total. The number of esters is 1. The van der Waals surface area contributed by atoms with Gasteiger partial charge in [-0.15, -0.1) is 0 Å². The summed E-state index contributed by atoms with van der Waals surface area (Å²) in [6, 6.07) is 33.5. The molecule has 0 atom stereocenters. The molecular weight excluding hydrogens is 659 g/mol. The van der Waals surface area contributed by atoms with Crippen LogP contribution in [0.1, 0.15) is 41.5 Å². The van der Waals surface area contributed by atoms with Gasteiger partial charge in [0.25, 0.3) is 0 Å². The van der Waals surface area contributed by atoms with Gasteiger partial charge in [-0.3, -0.25) is 0 Å². The molecular formula is C36H28Cl2N2O4S2. The lowest BCUT2D eigenvalue weighted by molar-refractivity contribution is 0.00714. The first-order valence-corrected chi connectivity index (χ1v) is 16.4. The van der Waals surface area contributed by atoms with Crippen LogP contribution in [0.4, 0.5) is 0 Å². The zero-order chi connectivity index (χ0) is 32.8. The third-order valence-corrected chi connectivity index (χ3v) is 8.80. The summed E-state index contributed by atoms with van der Waals surface area (Å²) in [5.41, 5.74) is 4.62. The highest BCUT2D eigenvalue weighted by molar-refractivity contribution is 7.10. The van der Waals surface area contributed by atoms with E-state index >= 15 is 0 Å².